The van der Waals surface area contributed by atoms with Gasteiger partial charge in [-0.1, -0.05) is 0 Å². The van der Waals surface area contributed by atoms with Gasteiger partial charge in [-0.2, -0.15) is 0 Å². The van der Waals surface area contributed by atoms with Crippen molar-refractivity contribution in [2.24, 2.45) is 5.92 Å². The molecule has 1 aliphatic heterocycles. The van der Waals surface area contributed by atoms with Crippen LogP contribution in [-0.2, 0) is 9.84 Å². The second kappa shape index (κ2) is 2.70. The standard InChI is InChI=1S/C8H14NO2S/c1-12(10,11)6-7-4-9(5-7)8-2-3-8/h7-8H,1-6H2. The van der Waals surface area contributed by atoms with Gasteiger partial charge in [-0.15, -0.1) is 0 Å². The maximum Gasteiger partial charge on any atom is 0.151 e. The second-order valence-electron chi connectivity index (χ2n) is 3.96. The number of likely N-dealkylation sites (tertiary alicyclic amines) is 1. The summed E-state index contributed by atoms with van der Waals surface area (Å²) in [6, 6.07) is 0.786. The van der Waals surface area contributed by atoms with Gasteiger partial charge in [0.25, 0.3) is 0 Å². The first kappa shape index (κ1) is 8.51. The van der Waals surface area contributed by atoms with Crippen LogP contribution in [0.25, 0.3) is 0 Å². The minimum Gasteiger partial charge on any atom is -0.300 e. The average molecular weight is 188 g/mol. The van der Waals surface area contributed by atoms with Crippen molar-refractivity contribution in [2.45, 2.75) is 18.9 Å². The van der Waals surface area contributed by atoms with Gasteiger partial charge in [-0.3, -0.25) is 4.90 Å². The largest absolute Gasteiger partial charge is 0.300 e. The minimum atomic E-state index is -2.99. The molecule has 0 N–H and O–H groups in total. The molecule has 0 spiro atoms. The van der Waals surface area contributed by atoms with Gasteiger partial charge in [-0.25, -0.2) is 8.42 Å². The Hall–Kier alpha value is -0.0900. The highest BCUT2D eigenvalue weighted by molar-refractivity contribution is 7.92. The third kappa shape index (κ3) is 1.98. The molecule has 0 aromatic heterocycles. The van der Waals surface area contributed by atoms with Gasteiger partial charge in [0.2, 0.25) is 0 Å². The van der Waals surface area contributed by atoms with Crippen LogP contribution in [0.3, 0.4) is 0 Å². The quantitative estimate of drug-likeness (QED) is 0.638. The van der Waals surface area contributed by atoms with E-state index in [0.29, 0.717) is 5.92 Å². The SMILES string of the molecule is [CH2]S(=O)(=O)CC1CN(C2CC2)C1. The van der Waals surface area contributed by atoms with E-state index in [2.05, 4.69) is 11.2 Å². The van der Waals surface area contributed by atoms with Gasteiger partial charge in [0.1, 0.15) is 0 Å². The number of hydrogen-bond donors (Lipinski definition) is 0. The van der Waals surface area contributed by atoms with Gasteiger partial charge < -0.3 is 0 Å². The van der Waals surface area contributed by atoms with Crippen LogP contribution < -0.4 is 0 Å². The summed E-state index contributed by atoms with van der Waals surface area (Å²) in [5.41, 5.74) is 0. The molecule has 1 heterocycles. The van der Waals surface area contributed by atoms with Gasteiger partial charge in [0, 0.05) is 19.1 Å². The topological polar surface area (TPSA) is 37.4 Å². The Morgan fingerprint density at radius 3 is 2.33 bits per heavy atom. The summed E-state index contributed by atoms with van der Waals surface area (Å²) in [7, 11) is -2.99. The van der Waals surface area contributed by atoms with Gasteiger partial charge in [0.15, 0.2) is 9.84 Å². The van der Waals surface area contributed by atoms with E-state index in [-0.39, 0.29) is 5.75 Å². The Labute approximate surface area is 73.7 Å². The van der Waals surface area contributed by atoms with Gasteiger partial charge >= 0.3 is 0 Å². The zero-order chi connectivity index (χ0) is 8.77. The van der Waals surface area contributed by atoms with Crippen LogP contribution in [0.15, 0.2) is 0 Å². The predicted molar refractivity (Wildman–Crippen MR) is 47.2 cm³/mol. The van der Waals surface area contributed by atoms with Crippen LogP contribution in [0.5, 0.6) is 0 Å². The van der Waals surface area contributed by atoms with E-state index < -0.39 is 9.84 Å². The summed E-state index contributed by atoms with van der Waals surface area (Å²) in [6.07, 6.45) is 5.75. The van der Waals surface area contributed by atoms with Crippen molar-refractivity contribution in [1.82, 2.24) is 4.90 Å². The third-order valence-electron chi connectivity index (χ3n) is 2.54. The van der Waals surface area contributed by atoms with Crippen LogP contribution in [-0.4, -0.2) is 38.2 Å². The fourth-order valence-corrected chi connectivity index (χ4v) is 2.74. The molecule has 0 aromatic rings. The molecule has 1 saturated carbocycles. The average Bonchev–Trinajstić information content (AvgIpc) is 2.56. The molecular weight excluding hydrogens is 174 g/mol. The van der Waals surface area contributed by atoms with Gasteiger partial charge in [0.05, 0.1) is 12.0 Å². The first-order valence-electron chi connectivity index (χ1n) is 4.34. The molecule has 0 atom stereocenters. The number of rotatable bonds is 3. The normalized spacial score (nSPS) is 27.1. The number of hydrogen-bond acceptors (Lipinski definition) is 3. The van der Waals surface area contributed by atoms with E-state index in [1.807, 2.05) is 0 Å². The molecule has 4 heteroatoms. The molecule has 0 amide bonds. The zero-order valence-corrected chi connectivity index (χ0v) is 7.89. The maximum absolute atomic E-state index is 10.8. The van der Waals surface area contributed by atoms with E-state index >= 15 is 0 Å². The Kier molecular flexibility index (Phi) is 1.92. The zero-order valence-electron chi connectivity index (χ0n) is 7.07. The highest BCUT2D eigenvalue weighted by Gasteiger charge is 2.38. The molecule has 3 nitrogen and oxygen atoms in total. The Morgan fingerprint density at radius 2 is 1.92 bits per heavy atom. The number of sulfone groups is 1. The summed E-state index contributed by atoms with van der Waals surface area (Å²) in [5.74, 6) is 0.629. The molecule has 0 aromatic carbocycles. The smallest absolute Gasteiger partial charge is 0.151 e. The van der Waals surface area contributed by atoms with Crippen LogP contribution in [0.1, 0.15) is 12.8 Å². The molecule has 0 bridgehead atoms. The highest BCUT2D eigenvalue weighted by Crippen LogP contribution is 2.33. The Balaban J connectivity index is 1.74. The summed E-state index contributed by atoms with van der Waals surface area (Å²) >= 11 is 0. The maximum atomic E-state index is 10.8. The van der Waals surface area contributed by atoms with Crippen molar-refractivity contribution in [1.29, 1.82) is 0 Å². The van der Waals surface area contributed by atoms with Crippen molar-refractivity contribution in [3.8, 4) is 0 Å². The molecule has 2 fully saturated rings. The second-order valence-corrected chi connectivity index (χ2v) is 5.78. The lowest BCUT2D eigenvalue weighted by atomic mass is 10.0. The van der Waals surface area contributed by atoms with Crippen molar-refractivity contribution < 1.29 is 8.42 Å². The Morgan fingerprint density at radius 1 is 1.33 bits per heavy atom. The minimum absolute atomic E-state index is 0.274. The summed E-state index contributed by atoms with van der Waals surface area (Å²) in [5, 5.41) is 0. The summed E-state index contributed by atoms with van der Waals surface area (Å²) in [6.45, 7) is 1.94. The summed E-state index contributed by atoms with van der Waals surface area (Å²) < 4.78 is 21.6. The van der Waals surface area contributed by atoms with Crippen molar-refractivity contribution >= 4 is 9.84 Å². The van der Waals surface area contributed by atoms with E-state index in [1.54, 1.807) is 0 Å². The monoisotopic (exact) mass is 188 g/mol. The van der Waals surface area contributed by atoms with Crippen LogP contribution in [0, 0.1) is 12.2 Å². The lowest BCUT2D eigenvalue weighted by Crippen LogP contribution is -2.50. The molecule has 0 unspecified atom stereocenters. The molecule has 1 radical (unpaired) electrons. The fourth-order valence-electron chi connectivity index (χ4n) is 1.81. The van der Waals surface area contributed by atoms with Crippen molar-refractivity contribution in [3.63, 3.8) is 0 Å². The van der Waals surface area contributed by atoms with E-state index in [4.69, 9.17) is 0 Å². The van der Waals surface area contributed by atoms with Crippen LogP contribution >= 0.6 is 0 Å². The van der Waals surface area contributed by atoms with Crippen LogP contribution in [0.4, 0.5) is 0 Å². The first-order valence-corrected chi connectivity index (χ1v) is 6.16. The van der Waals surface area contributed by atoms with Crippen LogP contribution in [0.2, 0.25) is 0 Å². The molecular formula is C8H14NO2S. The van der Waals surface area contributed by atoms with Crippen molar-refractivity contribution in [2.75, 3.05) is 18.8 Å². The molecule has 2 aliphatic rings. The molecule has 2 rings (SSSR count). The summed E-state index contributed by atoms with van der Waals surface area (Å²) in [4.78, 5) is 2.37. The fraction of sp³-hybridized carbons (Fsp3) is 0.875. The van der Waals surface area contributed by atoms with Crippen molar-refractivity contribution in [3.05, 3.63) is 6.26 Å². The lowest BCUT2D eigenvalue weighted by Gasteiger charge is -2.39. The van der Waals surface area contributed by atoms with Gasteiger partial charge in [-0.05, 0) is 18.8 Å². The third-order valence-corrected chi connectivity index (χ3v) is 3.52. The highest BCUT2D eigenvalue weighted by atomic mass is 32.2. The molecule has 1 saturated heterocycles. The van der Waals surface area contributed by atoms with E-state index in [1.165, 1.54) is 12.8 Å². The molecule has 12 heavy (non-hydrogen) atoms. The predicted octanol–water partition coefficient (Wildman–Crippen LogP) is 0.287. The Bertz CT molecular complexity index is 263. The first-order chi connectivity index (χ1) is 5.54. The number of nitrogens with zero attached hydrogens (tertiary/aromatic N) is 1. The lowest BCUT2D eigenvalue weighted by molar-refractivity contribution is 0.106. The van der Waals surface area contributed by atoms with E-state index in [0.717, 1.165) is 19.1 Å². The molecule has 1 aliphatic carbocycles. The van der Waals surface area contributed by atoms with E-state index in [9.17, 15) is 8.42 Å². The molecule has 69 valence electrons.